The van der Waals surface area contributed by atoms with Crippen LogP contribution in [0.4, 0.5) is 0 Å². The summed E-state index contributed by atoms with van der Waals surface area (Å²) in [5.41, 5.74) is 5.09. The van der Waals surface area contributed by atoms with Gasteiger partial charge < -0.3 is 14.8 Å². The number of hydrogen-bond acceptors (Lipinski definition) is 5. The van der Waals surface area contributed by atoms with Crippen molar-refractivity contribution in [2.24, 2.45) is 5.10 Å². The number of nitrogens with zero attached hydrogens (tertiary/aromatic N) is 1. The fourth-order valence-corrected chi connectivity index (χ4v) is 2.70. The van der Waals surface area contributed by atoms with E-state index in [0.717, 1.165) is 12.0 Å². The minimum absolute atomic E-state index is 0.269. The number of carbonyl (C=O) groups is 2. The number of benzene rings is 2. The van der Waals surface area contributed by atoms with Gasteiger partial charge in [-0.05, 0) is 54.2 Å². The fraction of sp³-hybridized carbons (Fsp3) is 0.375. The number of carbonyl (C=O) groups excluding carboxylic acids is 2. The average molecular weight is 426 g/mol. The molecule has 0 saturated heterocycles. The van der Waals surface area contributed by atoms with Crippen molar-refractivity contribution >= 4 is 18.0 Å². The predicted octanol–water partition coefficient (Wildman–Crippen LogP) is 3.76. The van der Waals surface area contributed by atoms with E-state index in [0.29, 0.717) is 36.2 Å². The van der Waals surface area contributed by atoms with Crippen molar-refractivity contribution in [2.75, 3.05) is 13.2 Å². The molecule has 2 aromatic rings. The number of rotatable bonds is 10. The van der Waals surface area contributed by atoms with E-state index in [-0.39, 0.29) is 6.54 Å². The molecule has 2 rings (SSSR count). The minimum Gasteiger partial charge on any atom is -0.490 e. The topological polar surface area (TPSA) is 89.0 Å². The normalized spacial score (nSPS) is 10.9. The molecule has 0 aliphatic rings. The summed E-state index contributed by atoms with van der Waals surface area (Å²) in [5.74, 6) is 0.126. The van der Waals surface area contributed by atoms with Gasteiger partial charge in [0.25, 0.3) is 0 Å². The van der Waals surface area contributed by atoms with Crippen molar-refractivity contribution in [3.8, 4) is 11.5 Å². The molecule has 0 aliphatic heterocycles. The van der Waals surface area contributed by atoms with E-state index in [4.69, 9.17) is 9.47 Å². The van der Waals surface area contributed by atoms with Crippen molar-refractivity contribution in [3.63, 3.8) is 0 Å². The lowest BCUT2D eigenvalue weighted by atomic mass is 10.0. The summed E-state index contributed by atoms with van der Waals surface area (Å²) >= 11 is 0. The molecule has 0 atom stereocenters. The van der Waals surface area contributed by atoms with Crippen LogP contribution in [0.1, 0.15) is 56.7 Å². The van der Waals surface area contributed by atoms with Crippen LogP contribution in [0.5, 0.6) is 11.5 Å². The van der Waals surface area contributed by atoms with Crippen molar-refractivity contribution in [2.45, 2.75) is 46.6 Å². The monoisotopic (exact) mass is 425 g/mol. The van der Waals surface area contributed by atoms with Crippen LogP contribution in [0.3, 0.4) is 0 Å². The van der Waals surface area contributed by atoms with Gasteiger partial charge in [0.2, 0.25) is 0 Å². The van der Waals surface area contributed by atoms with Crippen LogP contribution in [-0.4, -0.2) is 31.2 Å². The van der Waals surface area contributed by atoms with Crippen LogP contribution < -0.4 is 20.2 Å². The first kappa shape index (κ1) is 23.9. The van der Waals surface area contributed by atoms with Gasteiger partial charge in [-0.3, -0.25) is 9.59 Å². The molecule has 0 saturated carbocycles. The highest BCUT2D eigenvalue weighted by molar-refractivity contribution is 6.35. The highest BCUT2D eigenvalue weighted by atomic mass is 16.5. The van der Waals surface area contributed by atoms with Gasteiger partial charge in [-0.2, -0.15) is 5.10 Å². The third kappa shape index (κ3) is 7.77. The third-order valence-corrected chi connectivity index (χ3v) is 4.41. The number of hydrogen-bond donors (Lipinski definition) is 2. The van der Waals surface area contributed by atoms with Crippen LogP contribution in [-0.2, 0) is 16.1 Å². The number of ether oxygens (including phenoxy) is 2. The maximum absolute atomic E-state index is 12.0. The Balaban J connectivity index is 1.87. The minimum atomic E-state index is -0.831. The molecular formula is C24H31N3O4. The Morgan fingerprint density at radius 3 is 2.39 bits per heavy atom. The molecule has 0 radical (unpaired) electrons. The van der Waals surface area contributed by atoms with Gasteiger partial charge in [0, 0.05) is 6.54 Å². The van der Waals surface area contributed by atoms with Crippen LogP contribution in [0.25, 0.3) is 0 Å². The second kappa shape index (κ2) is 12.4. The van der Waals surface area contributed by atoms with Gasteiger partial charge in [0.1, 0.15) is 0 Å². The SMILES string of the molecule is CCCOc1ccc(/C=N\NC(=O)C(=O)NCc2ccc(C(C)C)cc2)cc1OCC. The second-order valence-corrected chi connectivity index (χ2v) is 7.27. The lowest BCUT2D eigenvalue weighted by molar-refractivity contribution is -0.139. The number of hydrazone groups is 1. The van der Waals surface area contributed by atoms with E-state index in [2.05, 4.69) is 29.7 Å². The third-order valence-electron chi connectivity index (χ3n) is 4.41. The van der Waals surface area contributed by atoms with Gasteiger partial charge in [0.05, 0.1) is 19.4 Å². The van der Waals surface area contributed by atoms with E-state index in [9.17, 15) is 9.59 Å². The average Bonchev–Trinajstić information content (AvgIpc) is 2.77. The van der Waals surface area contributed by atoms with E-state index < -0.39 is 11.8 Å². The van der Waals surface area contributed by atoms with E-state index >= 15 is 0 Å². The van der Waals surface area contributed by atoms with E-state index in [1.807, 2.05) is 38.1 Å². The Morgan fingerprint density at radius 1 is 1.00 bits per heavy atom. The Hall–Kier alpha value is -3.35. The molecule has 0 bridgehead atoms. The Labute approximate surface area is 183 Å². The summed E-state index contributed by atoms with van der Waals surface area (Å²) in [6, 6.07) is 13.3. The molecule has 2 aromatic carbocycles. The van der Waals surface area contributed by atoms with Crippen LogP contribution in [0, 0.1) is 0 Å². The molecule has 166 valence electrons. The summed E-state index contributed by atoms with van der Waals surface area (Å²) < 4.78 is 11.3. The first-order valence-corrected chi connectivity index (χ1v) is 10.5. The predicted molar refractivity (Wildman–Crippen MR) is 122 cm³/mol. The standard InChI is InChI=1S/C24H31N3O4/c1-5-13-31-21-12-9-19(14-22(21)30-6-2)16-26-27-24(29)23(28)25-15-18-7-10-20(11-8-18)17(3)4/h7-12,14,16-17H,5-6,13,15H2,1-4H3,(H,25,28)(H,27,29)/b26-16-. The largest absolute Gasteiger partial charge is 0.490 e. The van der Waals surface area contributed by atoms with Gasteiger partial charge in [-0.25, -0.2) is 5.43 Å². The molecule has 0 heterocycles. The maximum Gasteiger partial charge on any atom is 0.329 e. The Kier molecular flexibility index (Phi) is 9.55. The summed E-state index contributed by atoms with van der Waals surface area (Å²) in [6.45, 7) is 9.53. The van der Waals surface area contributed by atoms with Crippen molar-refractivity contribution in [3.05, 3.63) is 59.2 Å². The summed E-state index contributed by atoms with van der Waals surface area (Å²) in [6.07, 6.45) is 2.34. The second-order valence-electron chi connectivity index (χ2n) is 7.27. The van der Waals surface area contributed by atoms with Gasteiger partial charge in [-0.15, -0.1) is 0 Å². The zero-order valence-electron chi connectivity index (χ0n) is 18.6. The molecule has 0 fully saturated rings. The molecule has 2 amide bonds. The van der Waals surface area contributed by atoms with Gasteiger partial charge in [0.15, 0.2) is 11.5 Å². The summed E-state index contributed by atoms with van der Waals surface area (Å²) in [4.78, 5) is 23.9. The Morgan fingerprint density at radius 2 is 1.74 bits per heavy atom. The summed E-state index contributed by atoms with van der Waals surface area (Å²) in [7, 11) is 0. The zero-order chi connectivity index (χ0) is 22.6. The molecule has 31 heavy (non-hydrogen) atoms. The molecule has 7 nitrogen and oxygen atoms in total. The fourth-order valence-electron chi connectivity index (χ4n) is 2.70. The molecular weight excluding hydrogens is 394 g/mol. The molecule has 2 N–H and O–H groups in total. The first-order valence-electron chi connectivity index (χ1n) is 10.5. The van der Waals surface area contributed by atoms with Crippen molar-refractivity contribution in [1.82, 2.24) is 10.7 Å². The molecule has 0 unspecified atom stereocenters. The lowest BCUT2D eigenvalue weighted by Gasteiger charge is -2.11. The van der Waals surface area contributed by atoms with Crippen molar-refractivity contribution < 1.29 is 19.1 Å². The number of nitrogens with one attached hydrogen (secondary N) is 2. The van der Waals surface area contributed by atoms with Crippen molar-refractivity contribution in [1.29, 1.82) is 0 Å². The lowest BCUT2D eigenvalue weighted by Crippen LogP contribution is -2.37. The van der Waals surface area contributed by atoms with Crippen LogP contribution >= 0.6 is 0 Å². The van der Waals surface area contributed by atoms with Crippen LogP contribution in [0.15, 0.2) is 47.6 Å². The molecule has 0 aromatic heterocycles. The van der Waals surface area contributed by atoms with Gasteiger partial charge >= 0.3 is 11.8 Å². The quantitative estimate of drug-likeness (QED) is 0.345. The highest BCUT2D eigenvalue weighted by Crippen LogP contribution is 2.28. The highest BCUT2D eigenvalue weighted by Gasteiger charge is 2.12. The van der Waals surface area contributed by atoms with E-state index in [1.54, 1.807) is 18.2 Å². The zero-order valence-corrected chi connectivity index (χ0v) is 18.6. The molecule has 0 spiro atoms. The summed E-state index contributed by atoms with van der Waals surface area (Å²) in [5, 5.41) is 6.45. The van der Waals surface area contributed by atoms with Crippen LogP contribution in [0.2, 0.25) is 0 Å². The van der Waals surface area contributed by atoms with Gasteiger partial charge in [-0.1, -0.05) is 45.0 Å². The Bertz CT molecular complexity index is 892. The molecule has 7 heteroatoms. The maximum atomic E-state index is 12.0. The first-order chi connectivity index (χ1) is 14.9. The number of amides is 2. The smallest absolute Gasteiger partial charge is 0.329 e. The molecule has 0 aliphatic carbocycles. The van der Waals surface area contributed by atoms with E-state index in [1.165, 1.54) is 11.8 Å².